The number of nitrogens with two attached hydrogens (primary N) is 1. The molecule has 3 N–H and O–H groups in total. The highest BCUT2D eigenvalue weighted by Crippen LogP contribution is 2.47. The van der Waals surface area contributed by atoms with Gasteiger partial charge in [0.25, 0.3) is 0 Å². The number of esters is 1. The first-order valence-electron chi connectivity index (χ1n) is 12.8. The van der Waals surface area contributed by atoms with Gasteiger partial charge in [-0.2, -0.15) is 10.1 Å². The van der Waals surface area contributed by atoms with E-state index in [1.165, 1.54) is 23.8 Å². The van der Waals surface area contributed by atoms with Gasteiger partial charge in [-0.25, -0.2) is 9.36 Å². The van der Waals surface area contributed by atoms with Crippen LogP contribution in [0, 0.1) is 0 Å². The molecule has 0 aliphatic carbocycles. The highest BCUT2D eigenvalue weighted by Gasteiger charge is 2.36. The smallest absolute Gasteiger partial charge is 0.459 e. The van der Waals surface area contributed by atoms with Gasteiger partial charge in [0.15, 0.2) is 12.5 Å². The maximum absolute atomic E-state index is 14.1. The minimum Gasteiger partial charge on any atom is -0.460 e. The summed E-state index contributed by atoms with van der Waals surface area (Å²) in [6.45, 7) is 1.22. The van der Waals surface area contributed by atoms with E-state index in [1.54, 1.807) is 12.1 Å². The molecule has 1 aliphatic rings. The van der Waals surface area contributed by atoms with E-state index in [0.29, 0.717) is 5.39 Å². The van der Waals surface area contributed by atoms with Crippen LogP contribution in [0.3, 0.4) is 0 Å². The SMILES string of the molecule is C[C@H](NP(=O)(OC[C@H]1OC[C@@H](n2ccc(N)nc2=O)O1)Oc1cccc2ccccc12)C(=O)OCc1ccccc1. The van der Waals surface area contributed by atoms with Crippen molar-refractivity contribution in [1.29, 1.82) is 0 Å². The number of benzene rings is 3. The lowest BCUT2D eigenvalue weighted by Gasteiger charge is -2.24. The Morgan fingerprint density at radius 2 is 1.88 bits per heavy atom. The van der Waals surface area contributed by atoms with Crippen molar-refractivity contribution in [2.45, 2.75) is 32.1 Å². The fourth-order valence-corrected chi connectivity index (χ4v) is 5.61. The Morgan fingerprint density at radius 1 is 1.12 bits per heavy atom. The van der Waals surface area contributed by atoms with Crippen molar-refractivity contribution in [3.63, 3.8) is 0 Å². The normalized spacial score (nSPS) is 19.0. The summed E-state index contributed by atoms with van der Waals surface area (Å²) in [6.07, 6.45) is -0.334. The van der Waals surface area contributed by atoms with Crippen molar-refractivity contribution in [3.8, 4) is 5.75 Å². The van der Waals surface area contributed by atoms with Crippen LogP contribution in [0.5, 0.6) is 5.75 Å². The van der Waals surface area contributed by atoms with Gasteiger partial charge in [-0.1, -0.05) is 66.7 Å². The molecule has 3 aromatic carbocycles. The number of rotatable bonds is 11. The van der Waals surface area contributed by atoms with Crippen molar-refractivity contribution in [3.05, 3.63) is 101 Å². The molecule has 1 aromatic heterocycles. The molecular weight excluding hydrogens is 551 g/mol. The molecule has 0 amide bonds. The van der Waals surface area contributed by atoms with Gasteiger partial charge in [-0.15, -0.1) is 0 Å². The van der Waals surface area contributed by atoms with Crippen molar-refractivity contribution in [1.82, 2.24) is 14.6 Å². The molecule has 0 spiro atoms. The van der Waals surface area contributed by atoms with E-state index in [0.717, 1.165) is 10.9 Å². The van der Waals surface area contributed by atoms with Gasteiger partial charge in [0.1, 0.15) is 30.8 Å². The molecule has 5 rings (SSSR count). The van der Waals surface area contributed by atoms with Crippen LogP contribution in [0.25, 0.3) is 10.8 Å². The van der Waals surface area contributed by atoms with E-state index in [1.807, 2.05) is 60.7 Å². The second-order valence-electron chi connectivity index (χ2n) is 9.20. The standard InChI is InChI=1S/C28H29N4O8P/c1-19(27(33)37-16-20-8-3-2-4-9-20)31-41(35,40-23-13-7-11-21-10-5-6-12-22(21)23)38-18-26-36-17-25(39-26)32-15-14-24(29)30-28(32)34/h2-15,19,25-26H,16-18H2,1H3,(H,31,35)(H2,29,30,34)/t19-,25-,26-,41?/m0/s1. The van der Waals surface area contributed by atoms with Gasteiger partial charge in [0.05, 0.1) is 6.61 Å². The number of ether oxygens (including phenoxy) is 3. The predicted molar refractivity (Wildman–Crippen MR) is 150 cm³/mol. The zero-order chi connectivity index (χ0) is 28.8. The number of aromatic nitrogens is 2. The summed E-state index contributed by atoms with van der Waals surface area (Å²) in [6, 6.07) is 22.3. The highest BCUT2D eigenvalue weighted by atomic mass is 31.2. The van der Waals surface area contributed by atoms with Crippen LogP contribution in [0.4, 0.5) is 5.82 Å². The maximum atomic E-state index is 14.1. The second kappa shape index (κ2) is 12.6. The number of anilines is 1. The molecule has 1 unspecified atom stereocenters. The van der Waals surface area contributed by atoms with Crippen molar-refractivity contribution in [2.24, 2.45) is 0 Å². The van der Waals surface area contributed by atoms with E-state index < -0.39 is 38.0 Å². The molecule has 41 heavy (non-hydrogen) atoms. The lowest BCUT2D eigenvalue weighted by molar-refractivity contribution is -0.146. The third-order valence-corrected chi connectivity index (χ3v) is 7.80. The molecule has 12 nitrogen and oxygen atoms in total. The first kappa shape index (κ1) is 28.5. The first-order valence-corrected chi connectivity index (χ1v) is 14.4. The summed E-state index contributed by atoms with van der Waals surface area (Å²) in [5.74, 6) is -0.281. The van der Waals surface area contributed by atoms with E-state index >= 15 is 0 Å². The summed E-state index contributed by atoms with van der Waals surface area (Å²) < 4.78 is 43.7. The maximum Gasteiger partial charge on any atom is 0.459 e. The molecule has 4 atom stereocenters. The molecule has 0 saturated carbocycles. The summed E-state index contributed by atoms with van der Waals surface area (Å²) >= 11 is 0. The van der Waals surface area contributed by atoms with Crippen LogP contribution in [-0.4, -0.2) is 41.1 Å². The van der Waals surface area contributed by atoms with Crippen LogP contribution in [0.2, 0.25) is 0 Å². The van der Waals surface area contributed by atoms with Gasteiger partial charge in [0.2, 0.25) is 0 Å². The number of fused-ring (bicyclic) bond motifs is 1. The lowest BCUT2D eigenvalue weighted by atomic mass is 10.1. The first-order chi connectivity index (χ1) is 19.8. The Balaban J connectivity index is 1.29. The van der Waals surface area contributed by atoms with Crippen LogP contribution in [-0.2, 0) is 34.7 Å². The molecule has 214 valence electrons. The number of nitrogens with one attached hydrogen (secondary N) is 1. The Hall–Kier alpha value is -4.06. The van der Waals surface area contributed by atoms with Crippen LogP contribution >= 0.6 is 7.75 Å². The zero-order valence-corrected chi connectivity index (χ0v) is 23.0. The van der Waals surface area contributed by atoms with Crippen molar-refractivity contribution >= 4 is 30.3 Å². The third kappa shape index (κ3) is 7.18. The third-order valence-electron chi connectivity index (χ3n) is 6.17. The summed E-state index contributed by atoms with van der Waals surface area (Å²) in [5, 5.41) is 4.23. The van der Waals surface area contributed by atoms with Crippen molar-refractivity contribution in [2.75, 3.05) is 18.9 Å². The number of hydrogen-bond donors (Lipinski definition) is 2. The van der Waals surface area contributed by atoms with Crippen LogP contribution < -0.4 is 21.0 Å². The van der Waals surface area contributed by atoms with Gasteiger partial charge >= 0.3 is 19.4 Å². The molecule has 1 aliphatic heterocycles. The second-order valence-corrected chi connectivity index (χ2v) is 10.9. The van der Waals surface area contributed by atoms with Gasteiger partial charge < -0.3 is 24.5 Å². The Morgan fingerprint density at radius 3 is 2.68 bits per heavy atom. The van der Waals surface area contributed by atoms with E-state index in [2.05, 4.69) is 10.1 Å². The fourth-order valence-electron chi connectivity index (χ4n) is 4.12. The highest BCUT2D eigenvalue weighted by molar-refractivity contribution is 7.52. The minimum absolute atomic E-state index is 0.0175. The quantitative estimate of drug-likeness (QED) is 0.197. The average Bonchev–Trinajstić information content (AvgIpc) is 3.44. The van der Waals surface area contributed by atoms with E-state index in [9.17, 15) is 14.2 Å². The van der Waals surface area contributed by atoms with Crippen LogP contribution in [0.1, 0.15) is 18.7 Å². The number of nitrogens with zero attached hydrogens (tertiary/aromatic N) is 2. The molecule has 2 heterocycles. The summed E-state index contributed by atoms with van der Waals surface area (Å²) in [5.41, 5.74) is 5.76. The Bertz CT molecular complexity index is 1610. The lowest BCUT2D eigenvalue weighted by Crippen LogP contribution is -2.35. The fraction of sp³-hybridized carbons (Fsp3) is 0.250. The molecule has 13 heteroatoms. The predicted octanol–water partition coefficient (Wildman–Crippen LogP) is 3.78. The largest absolute Gasteiger partial charge is 0.460 e. The summed E-state index contributed by atoms with van der Waals surface area (Å²) in [7, 11) is -4.22. The topological polar surface area (TPSA) is 153 Å². The molecular formula is C28H29N4O8P. The van der Waals surface area contributed by atoms with Gasteiger partial charge in [-0.3, -0.25) is 13.9 Å². The molecule has 0 bridgehead atoms. The number of hydrogen-bond acceptors (Lipinski definition) is 10. The number of carbonyl (C=O) groups excluding carboxylic acids is 1. The average molecular weight is 581 g/mol. The zero-order valence-electron chi connectivity index (χ0n) is 22.1. The summed E-state index contributed by atoms with van der Waals surface area (Å²) in [4.78, 5) is 28.6. The number of nitrogen functional groups attached to an aromatic ring is 1. The molecule has 4 aromatic rings. The van der Waals surface area contributed by atoms with Gasteiger partial charge in [0, 0.05) is 11.6 Å². The Labute approximate surface area is 235 Å². The van der Waals surface area contributed by atoms with Crippen molar-refractivity contribution < 1.29 is 32.6 Å². The molecule has 1 fully saturated rings. The molecule has 1 saturated heterocycles. The van der Waals surface area contributed by atoms with Crippen LogP contribution in [0.15, 0.2) is 89.9 Å². The monoisotopic (exact) mass is 580 g/mol. The molecule has 0 radical (unpaired) electrons. The Kier molecular flexibility index (Phi) is 8.77. The van der Waals surface area contributed by atoms with E-state index in [-0.39, 0.29) is 31.4 Å². The van der Waals surface area contributed by atoms with Gasteiger partial charge in [-0.05, 0) is 30.0 Å². The van der Waals surface area contributed by atoms with E-state index in [4.69, 9.17) is 29.0 Å². The number of carbonyl (C=O) groups is 1. The minimum atomic E-state index is -4.22.